The van der Waals surface area contributed by atoms with Crippen molar-refractivity contribution in [2.45, 2.75) is 42.7 Å². The molecule has 33 heavy (non-hydrogen) atoms. The third-order valence-electron chi connectivity index (χ3n) is 5.89. The standard InChI is InChI=1S/C19H22F3N7O2S2/c1-11-8-28(5-4-23-11)13-6-12(33(30,31)27-19(10-20)2-3-19)9-29-14(13)7-24-16(29)18-26-25-17(32-18)15(21)22/h6-7,9,11,15,23,27H,2-5,8,10H2,1H3/t11-/m0/s1. The molecule has 0 aromatic carbocycles. The van der Waals surface area contributed by atoms with Crippen LogP contribution in [0.15, 0.2) is 23.4 Å². The summed E-state index contributed by atoms with van der Waals surface area (Å²) in [6, 6.07) is 1.73. The van der Waals surface area contributed by atoms with Gasteiger partial charge in [-0.15, -0.1) is 10.2 Å². The van der Waals surface area contributed by atoms with Gasteiger partial charge in [-0.1, -0.05) is 11.3 Å². The van der Waals surface area contributed by atoms with Crippen molar-refractivity contribution in [1.29, 1.82) is 0 Å². The van der Waals surface area contributed by atoms with E-state index in [1.165, 1.54) is 10.6 Å². The number of imidazole rings is 1. The van der Waals surface area contributed by atoms with E-state index < -0.39 is 33.7 Å². The van der Waals surface area contributed by atoms with Crippen LogP contribution in [0.3, 0.4) is 0 Å². The molecule has 4 heterocycles. The SMILES string of the molecule is C[C@H]1CN(c2cc(S(=O)(=O)NC3(CF)CC3)cn3c(-c4nnc(C(F)F)s4)ncc23)CCN1. The maximum absolute atomic E-state index is 13.4. The lowest BCUT2D eigenvalue weighted by molar-refractivity contribution is 0.150. The highest BCUT2D eigenvalue weighted by Gasteiger charge is 2.46. The van der Waals surface area contributed by atoms with Crippen LogP contribution in [0.5, 0.6) is 0 Å². The predicted molar refractivity (Wildman–Crippen MR) is 117 cm³/mol. The van der Waals surface area contributed by atoms with E-state index in [1.807, 2.05) is 11.8 Å². The number of hydrogen-bond donors (Lipinski definition) is 2. The second kappa shape index (κ2) is 8.18. The number of pyridine rings is 1. The van der Waals surface area contributed by atoms with Crippen molar-refractivity contribution in [2.24, 2.45) is 0 Å². The number of hydrogen-bond acceptors (Lipinski definition) is 8. The Balaban J connectivity index is 1.65. The third kappa shape index (κ3) is 4.20. The maximum Gasteiger partial charge on any atom is 0.291 e. The highest BCUT2D eigenvalue weighted by molar-refractivity contribution is 7.89. The van der Waals surface area contributed by atoms with Gasteiger partial charge in [0.1, 0.15) is 11.6 Å². The molecule has 0 amide bonds. The van der Waals surface area contributed by atoms with E-state index in [0.717, 1.165) is 0 Å². The number of nitrogens with one attached hydrogen (secondary N) is 2. The van der Waals surface area contributed by atoms with Crippen LogP contribution in [-0.2, 0) is 10.0 Å². The van der Waals surface area contributed by atoms with E-state index in [0.29, 0.717) is 55.0 Å². The summed E-state index contributed by atoms with van der Waals surface area (Å²) in [5.74, 6) is 0.211. The summed E-state index contributed by atoms with van der Waals surface area (Å²) in [5, 5.41) is 10.4. The fraction of sp³-hybridized carbons (Fsp3) is 0.526. The number of rotatable bonds is 7. The summed E-state index contributed by atoms with van der Waals surface area (Å²) in [6.07, 6.45) is 1.03. The Labute approximate surface area is 192 Å². The van der Waals surface area contributed by atoms with Gasteiger partial charge in [-0.2, -0.15) is 0 Å². The number of sulfonamides is 1. The van der Waals surface area contributed by atoms with Crippen LogP contribution in [0, 0.1) is 0 Å². The van der Waals surface area contributed by atoms with Crippen LogP contribution in [0.25, 0.3) is 16.3 Å². The smallest absolute Gasteiger partial charge is 0.291 e. The summed E-state index contributed by atoms with van der Waals surface area (Å²) in [4.78, 5) is 6.34. The molecule has 0 unspecified atom stereocenters. The molecule has 5 rings (SSSR count). The van der Waals surface area contributed by atoms with Gasteiger partial charge >= 0.3 is 0 Å². The molecule has 1 saturated carbocycles. The Kier molecular flexibility index (Phi) is 5.58. The molecule has 0 spiro atoms. The van der Waals surface area contributed by atoms with Crippen molar-refractivity contribution in [3.63, 3.8) is 0 Å². The largest absolute Gasteiger partial charge is 0.367 e. The van der Waals surface area contributed by atoms with Crippen molar-refractivity contribution < 1.29 is 21.6 Å². The van der Waals surface area contributed by atoms with E-state index in [2.05, 4.69) is 25.2 Å². The van der Waals surface area contributed by atoms with E-state index in [4.69, 9.17) is 0 Å². The molecule has 1 aliphatic carbocycles. The van der Waals surface area contributed by atoms with E-state index in [9.17, 15) is 21.6 Å². The minimum absolute atomic E-state index is 0.0613. The van der Waals surface area contributed by atoms with Crippen molar-refractivity contribution in [1.82, 2.24) is 29.6 Å². The third-order valence-corrected chi connectivity index (χ3v) is 8.37. The van der Waals surface area contributed by atoms with Gasteiger partial charge in [0.25, 0.3) is 6.43 Å². The lowest BCUT2D eigenvalue weighted by atomic mass is 10.2. The molecule has 2 N–H and O–H groups in total. The zero-order chi connectivity index (χ0) is 23.4. The first-order valence-electron chi connectivity index (χ1n) is 10.4. The molecule has 9 nitrogen and oxygen atoms in total. The Morgan fingerprint density at radius 3 is 2.79 bits per heavy atom. The Morgan fingerprint density at radius 1 is 1.36 bits per heavy atom. The van der Waals surface area contributed by atoms with Crippen LogP contribution in [-0.4, -0.2) is 65.9 Å². The molecular formula is C19H22F3N7O2S2. The van der Waals surface area contributed by atoms with Gasteiger partial charge in [0.05, 0.1) is 22.9 Å². The predicted octanol–water partition coefficient (Wildman–Crippen LogP) is 2.37. The molecule has 3 aromatic rings. The molecule has 2 aliphatic rings. The van der Waals surface area contributed by atoms with E-state index in [-0.39, 0.29) is 21.8 Å². The Morgan fingerprint density at radius 2 is 2.15 bits per heavy atom. The van der Waals surface area contributed by atoms with Crippen LogP contribution < -0.4 is 14.9 Å². The van der Waals surface area contributed by atoms with E-state index in [1.54, 1.807) is 12.3 Å². The van der Waals surface area contributed by atoms with Crippen LogP contribution in [0.2, 0.25) is 0 Å². The van der Waals surface area contributed by atoms with Crippen molar-refractivity contribution in [3.8, 4) is 10.8 Å². The molecule has 0 radical (unpaired) electrons. The summed E-state index contributed by atoms with van der Waals surface area (Å²) in [5.41, 5.74) is 0.188. The average Bonchev–Trinajstić information content (AvgIpc) is 3.18. The normalized spacial score (nSPS) is 20.6. The summed E-state index contributed by atoms with van der Waals surface area (Å²) in [6.45, 7) is 3.23. The first-order valence-corrected chi connectivity index (χ1v) is 12.7. The molecule has 14 heteroatoms. The zero-order valence-electron chi connectivity index (χ0n) is 17.6. The molecule has 1 atom stereocenters. The number of aromatic nitrogens is 4. The van der Waals surface area contributed by atoms with Gasteiger partial charge < -0.3 is 10.2 Å². The van der Waals surface area contributed by atoms with Gasteiger partial charge in [0.2, 0.25) is 10.0 Å². The van der Waals surface area contributed by atoms with E-state index >= 15 is 0 Å². The minimum atomic E-state index is -4.05. The lowest BCUT2D eigenvalue weighted by Crippen LogP contribution is -2.49. The van der Waals surface area contributed by atoms with Crippen molar-refractivity contribution in [2.75, 3.05) is 31.2 Å². The van der Waals surface area contributed by atoms with Gasteiger partial charge in [-0.3, -0.25) is 4.40 Å². The molecule has 178 valence electrons. The highest BCUT2D eigenvalue weighted by Crippen LogP contribution is 2.38. The quantitative estimate of drug-likeness (QED) is 0.512. The topological polar surface area (TPSA) is 105 Å². The van der Waals surface area contributed by atoms with Crippen molar-refractivity contribution >= 4 is 32.6 Å². The van der Waals surface area contributed by atoms with Crippen LogP contribution in [0.1, 0.15) is 31.2 Å². The Bertz CT molecular complexity index is 1290. The molecule has 3 aromatic heterocycles. The second-order valence-electron chi connectivity index (χ2n) is 8.46. The highest BCUT2D eigenvalue weighted by atomic mass is 32.2. The number of halogens is 3. The molecule has 1 aliphatic heterocycles. The lowest BCUT2D eigenvalue weighted by Gasteiger charge is -2.34. The molecule has 2 fully saturated rings. The first-order chi connectivity index (χ1) is 15.7. The molecular weight excluding hydrogens is 479 g/mol. The summed E-state index contributed by atoms with van der Waals surface area (Å²) < 4.78 is 69.9. The summed E-state index contributed by atoms with van der Waals surface area (Å²) in [7, 11) is -4.05. The monoisotopic (exact) mass is 501 g/mol. The fourth-order valence-corrected chi connectivity index (χ4v) is 6.09. The van der Waals surface area contributed by atoms with Crippen LogP contribution >= 0.6 is 11.3 Å². The maximum atomic E-state index is 13.4. The number of piperazine rings is 1. The van der Waals surface area contributed by atoms with Gasteiger partial charge in [0, 0.05) is 31.9 Å². The second-order valence-corrected chi connectivity index (χ2v) is 11.2. The molecule has 0 bridgehead atoms. The number of anilines is 1. The average molecular weight is 502 g/mol. The van der Waals surface area contributed by atoms with Crippen LogP contribution in [0.4, 0.5) is 18.9 Å². The Hall–Kier alpha value is -2.29. The first kappa shape index (κ1) is 22.5. The number of nitrogens with zero attached hydrogens (tertiary/aromatic N) is 5. The van der Waals surface area contributed by atoms with Gasteiger partial charge in [-0.25, -0.2) is 31.3 Å². The van der Waals surface area contributed by atoms with Gasteiger partial charge in [0.15, 0.2) is 15.8 Å². The van der Waals surface area contributed by atoms with Crippen molar-refractivity contribution in [3.05, 3.63) is 23.5 Å². The minimum Gasteiger partial charge on any atom is -0.367 e. The number of fused-ring (bicyclic) bond motifs is 1. The summed E-state index contributed by atoms with van der Waals surface area (Å²) >= 11 is 0.699. The zero-order valence-corrected chi connectivity index (χ0v) is 19.3. The molecule has 1 saturated heterocycles. The number of alkyl halides is 3. The fourth-order valence-electron chi connectivity index (χ4n) is 3.93. The van der Waals surface area contributed by atoms with Gasteiger partial charge in [-0.05, 0) is 25.8 Å².